The maximum absolute atomic E-state index is 12.4. The first kappa shape index (κ1) is 24.7. The number of esters is 1. The predicted molar refractivity (Wildman–Crippen MR) is 126 cm³/mol. The van der Waals surface area contributed by atoms with Gasteiger partial charge in [-0.25, -0.2) is 4.79 Å². The van der Waals surface area contributed by atoms with Gasteiger partial charge < -0.3 is 19.0 Å². The maximum atomic E-state index is 12.4. The van der Waals surface area contributed by atoms with Crippen molar-refractivity contribution in [1.29, 1.82) is 0 Å². The van der Waals surface area contributed by atoms with E-state index >= 15 is 0 Å². The highest BCUT2D eigenvalue weighted by Crippen LogP contribution is 2.37. The second kappa shape index (κ2) is 11.2. The van der Waals surface area contributed by atoms with Crippen LogP contribution in [0.2, 0.25) is 5.04 Å². The Morgan fingerprint density at radius 1 is 0.871 bits per heavy atom. The predicted octanol–water partition coefficient (Wildman–Crippen LogP) is 4.32. The minimum absolute atomic E-state index is 0.0987. The summed E-state index contributed by atoms with van der Waals surface area (Å²) in [7, 11) is -2.72. The second-order valence-corrected chi connectivity index (χ2v) is 12.5. The molecule has 6 heteroatoms. The van der Waals surface area contributed by atoms with Gasteiger partial charge in [0.2, 0.25) is 0 Å². The molecule has 0 aromatic heterocycles. The van der Waals surface area contributed by atoms with Gasteiger partial charge in [0.05, 0.1) is 13.2 Å². The Balaban J connectivity index is 2.45. The maximum Gasteiger partial charge on any atom is 0.341 e. The molecule has 0 atom stereocenters. The third-order valence-corrected chi connectivity index (χ3v) is 10.2. The van der Waals surface area contributed by atoms with Crippen LogP contribution >= 0.6 is 0 Å². The Morgan fingerprint density at radius 2 is 1.35 bits per heavy atom. The fraction of sp³-hybridized carbons (Fsp3) is 0.400. The zero-order valence-corrected chi connectivity index (χ0v) is 20.2. The number of hydrogen-bond donors (Lipinski definition) is 1. The number of benzene rings is 2. The quantitative estimate of drug-likeness (QED) is 0.257. The van der Waals surface area contributed by atoms with Crippen LogP contribution in [0.5, 0.6) is 0 Å². The van der Waals surface area contributed by atoms with Gasteiger partial charge in [-0.1, -0.05) is 81.4 Å². The molecule has 0 heterocycles. The first-order valence-corrected chi connectivity index (χ1v) is 12.7. The summed E-state index contributed by atoms with van der Waals surface area (Å²) in [6, 6.07) is 20.6. The molecule has 0 aliphatic carbocycles. The number of aliphatic hydroxyl groups excluding tert-OH is 1. The lowest BCUT2D eigenvalue weighted by molar-refractivity contribution is -0.139. The molecule has 2 aromatic carbocycles. The lowest BCUT2D eigenvalue weighted by atomic mass is 10.2. The van der Waals surface area contributed by atoms with Crippen LogP contribution in [0.1, 0.15) is 41.0 Å². The highest BCUT2D eigenvalue weighted by Gasteiger charge is 2.50. The van der Waals surface area contributed by atoms with Crippen LogP contribution in [0.4, 0.5) is 0 Å². The van der Waals surface area contributed by atoms with Gasteiger partial charge in [0.15, 0.2) is 0 Å². The molecule has 0 aliphatic rings. The normalized spacial score (nSPS) is 12.8. The number of aliphatic hydroxyl groups is 1. The van der Waals surface area contributed by atoms with Crippen molar-refractivity contribution in [3.63, 3.8) is 0 Å². The van der Waals surface area contributed by atoms with Crippen molar-refractivity contribution in [2.24, 2.45) is 0 Å². The molecular formula is C25H34O5Si. The van der Waals surface area contributed by atoms with E-state index in [1.54, 1.807) is 13.8 Å². The lowest BCUT2D eigenvalue weighted by Gasteiger charge is -2.43. The minimum Gasteiger partial charge on any atom is -0.481 e. The van der Waals surface area contributed by atoms with E-state index in [1.807, 2.05) is 36.4 Å². The average Bonchev–Trinajstić information content (AvgIpc) is 2.74. The Labute approximate surface area is 186 Å². The van der Waals surface area contributed by atoms with Crippen LogP contribution in [0.15, 0.2) is 72.2 Å². The van der Waals surface area contributed by atoms with Crippen LogP contribution in [-0.4, -0.2) is 39.2 Å². The third-order valence-electron chi connectivity index (χ3n) is 5.15. The van der Waals surface area contributed by atoms with E-state index in [2.05, 4.69) is 45.0 Å². The zero-order chi connectivity index (χ0) is 22.9. The van der Waals surface area contributed by atoms with E-state index in [9.17, 15) is 9.90 Å². The molecule has 0 fully saturated rings. The lowest BCUT2D eigenvalue weighted by Crippen LogP contribution is -2.66. The van der Waals surface area contributed by atoms with Gasteiger partial charge in [0, 0.05) is 13.0 Å². The van der Waals surface area contributed by atoms with Crippen molar-refractivity contribution >= 4 is 24.7 Å². The van der Waals surface area contributed by atoms with Gasteiger partial charge >= 0.3 is 5.97 Å². The van der Waals surface area contributed by atoms with E-state index in [0.29, 0.717) is 0 Å². The van der Waals surface area contributed by atoms with Crippen LogP contribution in [0, 0.1) is 0 Å². The summed E-state index contributed by atoms with van der Waals surface area (Å²) in [6.07, 6.45) is 0.190. The number of carbonyl (C=O) groups excluding carboxylic acids is 1. The van der Waals surface area contributed by atoms with Gasteiger partial charge in [-0.05, 0) is 29.3 Å². The number of carbonyl (C=O) groups is 1. The summed E-state index contributed by atoms with van der Waals surface area (Å²) in [5, 5.41) is 12.4. The van der Waals surface area contributed by atoms with Crippen LogP contribution < -0.4 is 10.4 Å². The SMILES string of the molecule is CCOC(=O)/C(CCO[Si](c1ccccc1)(c1ccccc1)C(C)(C)C)=C(/O)OCC. The molecule has 0 unspecified atom stereocenters. The Hall–Kier alpha value is -2.57. The smallest absolute Gasteiger partial charge is 0.341 e. The summed E-state index contributed by atoms with van der Waals surface area (Å²) < 4.78 is 17.1. The Bertz CT molecular complexity index is 817. The zero-order valence-electron chi connectivity index (χ0n) is 19.2. The first-order chi connectivity index (χ1) is 14.8. The molecule has 5 nitrogen and oxygen atoms in total. The Kier molecular flexibility index (Phi) is 8.89. The van der Waals surface area contributed by atoms with Gasteiger partial charge in [-0.3, -0.25) is 0 Å². The molecule has 0 saturated carbocycles. The second-order valence-electron chi connectivity index (χ2n) is 8.20. The fourth-order valence-electron chi connectivity index (χ4n) is 3.81. The number of ether oxygens (including phenoxy) is 2. The van der Waals surface area contributed by atoms with Crippen molar-refractivity contribution in [2.45, 2.75) is 46.1 Å². The highest BCUT2D eigenvalue weighted by atomic mass is 28.4. The summed E-state index contributed by atoms with van der Waals surface area (Å²) in [5.74, 6) is -0.980. The van der Waals surface area contributed by atoms with E-state index in [0.717, 1.165) is 10.4 Å². The van der Waals surface area contributed by atoms with Crippen molar-refractivity contribution in [3.8, 4) is 0 Å². The van der Waals surface area contributed by atoms with Crippen LogP contribution in [-0.2, 0) is 18.7 Å². The van der Waals surface area contributed by atoms with Crippen LogP contribution in [0.3, 0.4) is 0 Å². The van der Waals surface area contributed by atoms with Crippen LogP contribution in [0.25, 0.3) is 0 Å². The molecule has 0 amide bonds. The van der Waals surface area contributed by atoms with Gasteiger partial charge in [-0.2, -0.15) is 0 Å². The summed E-state index contributed by atoms with van der Waals surface area (Å²) in [5.41, 5.74) is 0.0987. The van der Waals surface area contributed by atoms with Crippen molar-refractivity contribution < 1.29 is 23.8 Å². The molecule has 0 spiro atoms. The molecule has 0 bridgehead atoms. The van der Waals surface area contributed by atoms with Gasteiger partial charge in [-0.15, -0.1) is 0 Å². The largest absolute Gasteiger partial charge is 0.481 e. The van der Waals surface area contributed by atoms with E-state index in [-0.39, 0.29) is 36.9 Å². The topological polar surface area (TPSA) is 65.0 Å². The number of rotatable bonds is 10. The van der Waals surface area contributed by atoms with Crippen molar-refractivity contribution in [1.82, 2.24) is 0 Å². The molecule has 31 heavy (non-hydrogen) atoms. The average molecular weight is 443 g/mol. The Morgan fingerprint density at radius 3 is 1.77 bits per heavy atom. The summed E-state index contributed by atoms with van der Waals surface area (Å²) in [6.45, 7) is 10.8. The molecule has 0 radical (unpaired) electrons. The van der Waals surface area contributed by atoms with Crippen molar-refractivity contribution in [3.05, 3.63) is 72.2 Å². The van der Waals surface area contributed by atoms with Gasteiger partial charge in [0.25, 0.3) is 14.3 Å². The molecule has 168 valence electrons. The monoisotopic (exact) mass is 442 g/mol. The van der Waals surface area contributed by atoms with Gasteiger partial charge in [0.1, 0.15) is 5.57 Å². The third kappa shape index (κ3) is 5.77. The highest BCUT2D eigenvalue weighted by molar-refractivity contribution is 6.99. The van der Waals surface area contributed by atoms with E-state index in [4.69, 9.17) is 13.9 Å². The minimum atomic E-state index is -2.72. The fourth-order valence-corrected chi connectivity index (χ4v) is 8.37. The molecule has 1 N–H and O–H groups in total. The molecule has 2 rings (SSSR count). The van der Waals surface area contributed by atoms with Crippen molar-refractivity contribution in [2.75, 3.05) is 19.8 Å². The standard InChI is InChI=1S/C25H34O5Si/c1-6-28-23(26)22(24(27)29-7-2)18-19-30-31(25(3,4)5,20-14-10-8-11-15-20)21-16-12-9-13-17-21/h8-17,26H,6-7,18-19H2,1-5H3/b23-22-. The molecule has 2 aromatic rings. The molecular weight excluding hydrogens is 408 g/mol. The molecule has 0 aliphatic heterocycles. The summed E-state index contributed by atoms with van der Waals surface area (Å²) in [4.78, 5) is 12.4. The summed E-state index contributed by atoms with van der Waals surface area (Å²) >= 11 is 0. The van der Waals surface area contributed by atoms with E-state index < -0.39 is 20.2 Å². The first-order valence-electron chi connectivity index (χ1n) is 10.7. The molecule has 0 saturated heterocycles. The van der Waals surface area contributed by atoms with E-state index in [1.165, 1.54) is 0 Å². The number of hydrogen-bond acceptors (Lipinski definition) is 5.